The van der Waals surface area contributed by atoms with Crippen LogP contribution in [0, 0.1) is 6.92 Å². The van der Waals surface area contributed by atoms with Crippen LogP contribution in [0.2, 0.25) is 0 Å². The normalized spacial score (nSPS) is 22.6. The summed E-state index contributed by atoms with van der Waals surface area (Å²) in [5, 5.41) is 0. The number of rotatable bonds is 5. The molecule has 25 heavy (non-hydrogen) atoms. The first kappa shape index (κ1) is 18.4. The molecular weight excluding hydrogens is 340 g/mol. The Hall–Kier alpha value is -1.44. The third kappa shape index (κ3) is 3.73. The van der Waals surface area contributed by atoms with Gasteiger partial charge in [0.2, 0.25) is 15.9 Å². The lowest BCUT2D eigenvalue weighted by atomic mass is 10.1. The first-order chi connectivity index (χ1) is 11.9. The lowest BCUT2D eigenvalue weighted by Gasteiger charge is -2.32. The highest BCUT2D eigenvalue weighted by atomic mass is 32.2. The quantitative estimate of drug-likeness (QED) is 0.802. The smallest absolute Gasteiger partial charge is 0.243 e. The molecule has 2 aliphatic rings. The molecule has 1 aromatic carbocycles. The molecule has 7 heteroatoms. The number of carbonyl (C=O) groups is 1. The van der Waals surface area contributed by atoms with Gasteiger partial charge in [0.05, 0.1) is 11.0 Å². The fourth-order valence-corrected chi connectivity index (χ4v) is 5.36. The summed E-state index contributed by atoms with van der Waals surface area (Å²) in [5.74, 6) is 0.102. The molecule has 0 N–H and O–H groups in total. The predicted octanol–water partition coefficient (Wildman–Crippen LogP) is 2.31. The van der Waals surface area contributed by atoms with Gasteiger partial charge in [-0.3, -0.25) is 4.79 Å². The summed E-state index contributed by atoms with van der Waals surface area (Å²) in [4.78, 5) is 13.9. The minimum absolute atomic E-state index is 0.0321. The van der Waals surface area contributed by atoms with Gasteiger partial charge >= 0.3 is 0 Å². The standard InChI is InChI=1S/C18H26N2O4S/c1-3-24-16-6-4-10-19(13-16)25(22,23)17-9-8-15(12-14(17)2)20-11-5-7-18(20)21/h8-9,12,16H,3-7,10-11,13H2,1-2H3/t16-/m1/s1. The maximum Gasteiger partial charge on any atom is 0.243 e. The van der Waals surface area contributed by atoms with Crippen molar-refractivity contribution in [1.82, 2.24) is 4.31 Å². The second kappa shape index (κ2) is 7.43. The van der Waals surface area contributed by atoms with E-state index in [1.807, 2.05) is 6.92 Å². The van der Waals surface area contributed by atoms with Crippen molar-refractivity contribution in [2.24, 2.45) is 0 Å². The highest BCUT2D eigenvalue weighted by Gasteiger charge is 2.32. The molecule has 6 nitrogen and oxygen atoms in total. The molecule has 0 aliphatic carbocycles. The SMILES string of the molecule is CCO[C@@H]1CCCN(S(=O)(=O)c2ccc(N3CCCC3=O)cc2C)C1. The van der Waals surface area contributed by atoms with Crippen molar-refractivity contribution in [1.29, 1.82) is 0 Å². The van der Waals surface area contributed by atoms with Crippen molar-refractivity contribution in [3.05, 3.63) is 23.8 Å². The molecule has 0 spiro atoms. The van der Waals surface area contributed by atoms with Crippen LogP contribution < -0.4 is 4.90 Å². The largest absolute Gasteiger partial charge is 0.377 e. The molecule has 0 saturated carbocycles. The number of hydrogen-bond donors (Lipinski definition) is 0. The first-order valence-corrected chi connectivity index (χ1v) is 10.4. The number of carbonyl (C=O) groups excluding carboxylic acids is 1. The van der Waals surface area contributed by atoms with E-state index in [-0.39, 0.29) is 12.0 Å². The minimum atomic E-state index is -3.55. The highest BCUT2D eigenvalue weighted by molar-refractivity contribution is 7.89. The van der Waals surface area contributed by atoms with Gasteiger partial charge in [-0.05, 0) is 56.9 Å². The number of amides is 1. The van der Waals surface area contributed by atoms with E-state index in [0.717, 1.165) is 24.9 Å². The molecule has 2 heterocycles. The van der Waals surface area contributed by atoms with E-state index in [1.54, 1.807) is 30.0 Å². The van der Waals surface area contributed by atoms with Crippen molar-refractivity contribution < 1.29 is 17.9 Å². The summed E-state index contributed by atoms with van der Waals surface area (Å²) in [7, 11) is -3.55. The minimum Gasteiger partial charge on any atom is -0.377 e. The van der Waals surface area contributed by atoms with E-state index in [2.05, 4.69) is 0 Å². The highest BCUT2D eigenvalue weighted by Crippen LogP contribution is 2.29. The summed E-state index contributed by atoms with van der Waals surface area (Å²) in [5.41, 5.74) is 1.46. The number of ether oxygens (including phenoxy) is 1. The lowest BCUT2D eigenvalue weighted by molar-refractivity contribution is -0.117. The predicted molar refractivity (Wildman–Crippen MR) is 96.2 cm³/mol. The number of piperidine rings is 1. The Kier molecular flexibility index (Phi) is 5.46. The molecule has 1 atom stereocenters. The molecule has 2 aliphatic heterocycles. The maximum atomic E-state index is 13.0. The fourth-order valence-electron chi connectivity index (χ4n) is 3.65. The Bertz CT molecular complexity index is 745. The Morgan fingerprint density at radius 1 is 1.24 bits per heavy atom. The average molecular weight is 366 g/mol. The third-order valence-corrected chi connectivity index (χ3v) is 6.93. The van der Waals surface area contributed by atoms with E-state index in [1.165, 1.54) is 4.31 Å². The maximum absolute atomic E-state index is 13.0. The number of anilines is 1. The van der Waals surface area contributed by atoms with Gasteiger partial charge in [-0.1, -0.05) is 0 Å². The summed E-state index contributed by atoms with van der Waals surface area (Å²) < 4.78 is 33.2. The van der Waals surface area contributed by atoms with E-state index in [0.29, 0.717) is 43.1 Å². The van der Waals surface area contributed by atoms with Gasteiger partial charge in [-0.2, -0.15) is 4.31 Å². The Balaban J connectivity index is 1.83. The summed E-state index contributed by atoms with van der Waals surface area (Å²) in [6.07, 6.45) is 3.09. The molecule has 138 valence electrons. The van der Waals surface area contributed by atoms with Crippen LogP contribution in [0.3, 0.4) is 0 Å². The summed E-state index contributed by atoms with van der Waals surface area (Å²) >= 11 is 0. The fraction of sp³-hybridized carbons (Fsp3) is 0.611. The van der Waals surface area contributed by atoms with Crippen LogP contribution in [-0.4, -0.2) is 51.0 Å². The third-order valence-electron chi connectivity index (χ3n) is 4.90. The average Bonchev–Trinajstić information content (AvgIpc) is 3.01. The zero-order valence-corrected chi connectivity index (χ0v) is 15.7. The topological polar surface area (TPSA) is 66.9 Å². The first-order valence-electron chi connectivity index (χ1n) is 8.96. The second-order valence-corrected chi connectivity index (χ2v) is 8.59. The van der Waals surface area contributed by atoms with Gasteiger partial charge in [-0.25, -0.2) is 8.42 Å². The van der Waals surface area contributed by atoms with Crippen molar-refractivity contribution in [3.8, 4) is 0 Å². The van der Waals surface area contributed by atoms with Crippen LogP contribution in [0.5, 0.6) is 0 Å². The Morgan fingerprint density at radius 2 is 2.04 bits per heavy atom. The summed E-state index contributed by atoms with van der Waals surface area (Å²) in [6, 6.07) is 5.18. The van der Waals surface area contributed by atoms with Gasteiger partial charge in [0.1, 0.15) is 0 Å². The number of aryl methyl sites for hydroxylation is 1. The van der Waals surface area contributed by atoms with Gasteiger partial charge < -0.3 is 9.64 Å². The van der Waals surface area contributed by atoms with E-state index in [4.69, 9.17) is 4.74 Å². The zero-order valence-electron chi connectivity index (χ0n) is 14.9. The van der Waals surface area contributed by atoms with Crippen LogP contribution in [0.1, 0.15) is 38.2 Å². The molecule has 3 rings (SSSR count). The summed E-state index contributed by atoms with van der Waals surface area (Å²) in [6.45, 7) is 5.94. The van der Waals surface area contributed by atoms with Crippen LogP contribution in [-0.2, 0) is 19.6 Å². The van der Waals surface area contributed by atoms with Crippen LogP contribution >= 0.6 is 0 Å². The molecule has 2 fully saturated rings. The van der Waals surface area contributed by atoms with Crippen LogP contribution in [0.4, 0.5) is 5.69 Å². The van der Waals surface area contributed by atoms with Gasteiger partial charge in [0.25, 0.3) is 0 Å². The number of nitrogens with zero attached hydrogens (tertiary/aromatic N) is 2. The molecular formula is C18H26N2O4S. The molecule has 2 saturated heterocycles. The van der Waals surface area contributed by atoms with Crippen LogP contribution in [0.15, 0.2) is 23.1 Å². The number of sulfonamides is 1. The molecule has 1 aromatic rings. The van der Waals surface area contributed by atoms with E-state index in [9.17, 15) is 13.2 Å². The van der Waals surface area contributed by atoms with Gasteiger partial charge in [0, 0.05) is 38.3 Å². The number of benzene rings is 1. The molecule has 0 radical (unpaired) electrons. The van der Waals surface area contributed by atoms with Crippen molar-refractivity contribution in [2.45, 2.75) is 50.5 Å². The molecule has 0 aromatic heterocycles. The van der Waals surface area contributed by atoms with Crippen molar-refractivity contribution in [3.63, 3.8) is 0 Å². The Morgan fingerprint density at radius 3 is 2.68 bits per heavy atom. The van der Waals surface area contributed by atoms with Gasteiger partial charge in [0.15, 0.2) is 0 Å². The van der Waals surface area contributed by atoms with Crippen molar-refractivity contribution >= 4 is 21.6 Å². The second-order valence-electron chi connectivity index (χ2n) is 6.68. The molecule has 0 bridgehead atoms. The van der Waals surface area contributed by atoms with E-state index >= 15 is 0 Å². The lowest BCUT2D eigenvalue weighted by Crippen LogP contribution is -2.43. The van der Waals surface area contributed by atoms with Crippen LogP contribution in [0.25, 0.3) is 0 Å². The number of hydrogen-bond acceptors (Lipinski definition) is 4. The molecule has 1 amide bonds. The zero-order chi connectivity index (χ0) is 18.0. The monoisotopic (exact) mass is 366 g/mol. The van der Waals surface area contributed by atoms with Gasteiger partial charge in [-0.15, -0.1) is 0 Å². The molecule has 0 unspecified atom stereocenters. The van der Waals surface area contributed by atoms with E-state index < -0.39 is 10.0 Å². The Labute approximate surface area is 149 Å². The van der Waals surface area contributed by atoms with Crippen molar-refractivity contribution in [2.75, 3.05) is 31.1 Å².